The largest absolute Gasteiger partial charge is 0.421 e. The van der Waals surface area contributed by atoms with Crippen LogP contribution >= 0.6 is 0 Å². The molecule has 0 radical (unpaired) electrons. The molecule has 20 heavy (non-hydrogen) atoms. The van der Waals surface area contributed by atoms with E-state index < -0.39 is 53.8 Å². The maximum Gasteiger partial charge on any atom is 0.421 e. The van der Waals surface area contributed by atoms with Crippen molar-refractivity contribution in [3.8, 4) is 0 Å². The normalized spacial score (nSPS) is 27.7. The number of halogens is 5. The van der Waals surface area contributed by atoms with Crippen LogP contribution < -0.4 is 5.73 Å². The molecule has 0 amide bonds. The summed E-state index contributed by atoms with van der Waals surface area (Å²) in [7, 11) is 0. The van der Waals surface area contributed by atoms with E-state index in [0.717, 1.165) is 12.1 Å². The van der Waals surface area contributed by atoms with Crippen LogP contribution in [0.5, 0.6) is 0 Å². The summed E-state index contributed by atoms with van der Waals surface area (Å²) in [4.78, 5) is 11.3. The van der Waals surface area contributed by atoms with Crippen molar-refractivity contribution in [2.24, 2.45) is 5.73 Å². The highest BCUT2D eigenvalue weighted by Crippen LogP contribution is 2.36. The number of alkyl halides is 3. The van der Waals surface area contributed by atoms with E-state index in [9.17, 15) is 26.7 Å². The van der Waals surface area contributed by atoms with Crippen molar-refractivity contribution in [3.05, 3.63) is 35.4 Å². The maximum atomic E-state index is 13.6. The summed E-state index contributed by atoms with van der Waals surface area (Å²) in [5, 5.41) is 0. The molecule has 1 fully saturated rings. The SMILES string of the molecule is N[C@H]1CC(=O)C(C(F)(F)F)O[C@@H]1c1cc(F)ccc1F. The Kier molecular flexibility index (Phi) is 3.79. The lowest BCUT2D eigenvalue weighted by molar-refractivity contribution is -0.238. The van der Waals surface area contributed by atoms with Gasteiger partial charge in [0.1, 0.15) is 17.7 Å². The van der Waals surface area contributed by atoms with Gasteiger partial charge < -0.3 is 10.5 Å². The summed E-state index contributed by atoms with van der Waals surface area (Å²) in [6.45, 7) is 0. The molecule has 1 unspecified atom stereocenters. The summed E-state index contributed by atoms with van der Waals surface area (Å²) >= 11 is 0. The summed E-state index contributed by atoms with van der Waals surface area (Å²) in [5.41, 5.74) is 5.09. The number of rotatable bonds is 1. The standard InChI is InChI=1S/C12H10F5NO2/c13-5-1-2-7(14)6(3-5)10-8(18)4-9(19)11(20-10)12(15,16)17/h1-3,8,10-11H,4,18H2/t8-,10+,11?/m0/s1. The van der Waals surface area contributed by atoms with Gasteiger partial charge in [0.05, 0.1) is 0 Å². The Labute approximate surface area is 110 Å². The van der Waals surface area contributed by atoms with Gasteiger partial charge in [0.15, 0.2) is 5.78 Å². The van der Waals surface area contributed by atoms with E-state index in [0.29, 0.717) is 6.07 Å². The number of ketones is 1. The fourth-order valence-electron chi connectivity index (χ4n) is 2.07. The number of carbonyl (C=O) groups is 1. The van der Waals surface area contributed by atoms with Crippen LogP contribution in [-0.4, -0.2) is 24.1 Å². The third-order valence-electron chi connectivity index (χ3n) is 2.96. The van der Waals surface area contributed by atoms with E-state index in [1.54, 1.807) is 0 Å². The molecule has 8 heteroatoms. The third kappa shape index (κ3) is 2.80. The van der Waals surface area contributed by atoms with Crippen molar-refractivity contribution in [2.75, 3.05) is 0 Å². The fraction of sp³-hybridized carbons (Fsp3) is 0.417. The fourth-order valence-corrected chi connectivity index (χ4v) is 2.07. The van der Waals surface area contributed by atoms with E-state index >= 15 is 0 Å². The zero-order valence-corrected chi connectivity index (χ0v) is 9.95. The molecule has 1 aliphatic heterocycles. The Balaban J connectivity index is 2.35. The summed E-state index contributed by atoms with van der Waals surface area (Å²) in [5.74, 6) is -3.00. The Morgan fingerprint density at radius 1 is 1.25 bits per heavy atom. The van der Waals surface area contributed by atoms with Gasteiger partial charge in [0.2, 0.25) is 6.10 Å². The first-order valence-electron chi connectivity index (χ1n) is 5.65. The first-order valence-corrected chi connectivity index (χ1v) is 5.65. The van der Waals surface area contributed by atoms with Crippen LogP contribution in [0.1, 0.15) is 18.1 Å². The Hall–Kier alpha value is -1.54. The van der Waals surface area contributed by atoms with Crippen molar-refractivity contribution < 1.29 is 31.5 Å². The summed E-state index contributed by atoms with van der Waals surface area (Å²) in [6.07, 6.45) is -9.74. The number of benzene rings is 1. The second-order valence-electron chi connectivity index (χ2n) is 4.48. The van der Waals surface area contributed by atoms with E-state index in [2.05, 4.69) is 4.74 Å². The van der Waals surface area contributed by atoms with Crippen LogP contribution in [0.15, 0.2) is 18.2 Å². The summed E-state index contributed by atoms with van der Waals surface area (Å²) in [6, 6.07) is 1.13. The van der Waals surface area contributed by atoms with Crippen molar-refractivity contribution in [1.82, 2.24) is 0 Å². The smallest absolute Gasteiger partial charge is 0.351 e. The number of hydrogen-bond donors (Lipinski definition) is 1. The zero-order chi connectivity index (χ0) is 15.1. The topological polar surface area (TPSA) is 52.3 Å². The van der Waals surface area contributed by atoms with Crippen LogP contribution in [0, 0.1) is 11.6 Å². The third-order valence-corrected chi connectivity index (χ3v) is 2.96. The Morgan fingerprint density at radius 3 is 2.50 bits per heavy atom. The Bertz CT molecular complexity index is 531. The molecule has 3 nitrogen and oxygen atoms in total. The van der Waals surface area contributed by atoms with Crippen LogP contribution in [0.3, 0.4) is 0 Å². The highest BCUT2D eigenvalue weighted by Gasteiger charge is 2.51. The first-order chi connectivity index (χ1) is 9.20. The minimum absolute atomic E-state index is 0.431. The molecular formula is C12H10F5NO2. The lowest BCUT2D eigenvalue weighted by atomic mass is 9.92. The monoisotopic (exact) mass is 295 g/mol. The molecule has 1 heterocycles. The second-order valence-corrected chi connectivity index (χ2v) is 4.48. The molecule has 2 rings (SSSR count). The molecular weight excluding hydrogens is 285 g/mol. The van der Waals surface area contributed by atoms with E-state index in [4.69, 9.17) is 5.73 Å². The van der Waals surface area contributed by atoms with Gasteiger partial charge in [-0.2, -0.15) is 13.2 Å². The number of hydrogen-bond acceptors (Lipinski definition) is 3. The van der Waals surface area contributed by atoms with Gasteiger partial charge in [-0.1, -0.05) is 0 Å². The molecule has 1 aliphatic rings. The van der Waals surface area contributed by atoms with Gasteiger partial charge in [0.25, 0.3) is 0 Å². The molecule has 0 spiro atoms. The highest BCUT2D eigenvalue weighted by atomic mass is 19.4. The summed E-state index contributed by atoms with van der Waals surface area (Å²) < 4.78 is 69.2. The average molecular weight is 295 g/mol. The molecule has 0 aromatic heterocycles. The van der Waals surface area contributed by atoms with Gasteiger partial charge in [-0.15, -0.1) is 0 Å². The molecule has 3 atom stereocenters. The number of carbonyl (C=O) groups excluding carboxylic acids is 1. The average Bonchev–Trinajstić information content (AvgIpc) is 2.31. The Morgan fingerprint density at radius 2 is 1.90 bits per heavy atom. The van der Waals surface area contributed by atoms with E-state index in [1.807, 2.05) is 0 Å². The van der Waals surface area contributed by atoms with Gasteiger partial charge in [-0.3, -0.25) is 4.79 Å². The van der Waals surface area contributed by atoms with Crippen LogP contribution in [-0.2, 0) is 9.53 Å². The highest BCUT2D eigenvalue weighted by molar-refractivity contribution is 5.85. The van der Waals surface area contributed by atoms with Gasteiger partial charge in [0, 0.05) is 18.0 Å². The zero-order valence-electron chi connectivity index (χ0n) is 9.95. The lowest BCUT2D eigenvalue weighted by Gasteiger charge is -2.34. The number of Topliss-reactive ketones (excluding diaryl/α,β-unsaturated/α-hetero) is 1. The van der Waals surface area contributed by atoms with E-state index in [1.165, 1.54) is 0 Å². The second kappa shape index (κ2) is 5.10. The first kappa shape index (κ1) is 14.9. The molecule has 1 saturated heterocycles. The van der Waals surface area contributed by atoms with Crippen LogP contribution in [0.2, 0.25) is 0 Å². The molecule has 1 aromatic carbocycles. The van der Waals surface area contributed by atoms with Crippen LogP contribution in [0.4, 0.5) is 22.0 Å². The van der Waals surface area contributed by atoms with Crippen molar-refractivity contribution >= 4 is 5.78 Å². The molecule has 0 aliphatic carbocycles. The minimum Gasteiger partial charge on any atom is -0.351 e. The van der Waals surface area contributed by atoms with Crippen LogP contribution in [0.25, 0.3) is 0 Å². The number of ether oxygens (including phenoxy) is 1. The molecule has 110 valence electrons. The molecule has 0 saturated carbocycles. The van der Waals surface area contributed by atoms with Gasteiger partial charge in [-0.25, -0.2) is 8.78 Å². The van der Waals surface area contributed by atoms with Crippen molar-refractivity contribution in [1.29, 1.82) is 0 Å². The number of nitrogens with two attached hydrogens (primary N) is 1. The predicted molar refractivity (Wildman–Crippen MR) is 57.6 cm³/mol. The van der Waals surface area contributed by atoms with Gasteiger partial charge in [-0.05, 0) is 18.2 Å². The quantitative estimate of drug-likeness (QED) is 0.809. The van der Waals surface area contributed by atoms with Crippen molar-refractivity contribution in [3.63, 3.8) is 0 Å². The molecule has 0 bridgehead atoms. The lowest BCUT2D eigenvalue weighted by Crippen LogP contribution is -2.50. The van der Waals surface area contributed by atoms with Crippen molar-refractivity contribution in [2.45, 2.75) is 30.8 Å². The predicted octanol–water partition coefficient (Wildman–Crippen LogP) is 2.25. The molecule has 2 N–H and O–H groups in total. The van der Waals surface area contributed by atoms with Gasteiger partial charge >= 0.3 is 6.18 Å². The van der Waals surface area contributed by atoms with E-state index in [-0.39, 0.29) is 0 Å². The minimum atomic E-state index is -4.92. The maximum absolute atomic E-state index is 13.6. The molecule has 1 aromatic rings.